The topological polar surface area (TPSA) is 73.5 Å². The molecule has 0 aliphatic rings. The number of carbonyl (C=O) groups is 2. The Kier molecular flexibility index (Phi) is 13.0. The van der Waals surface area contributed by atoms with Crippen LogP contribution < -0.4 is 16.0 Å². The number of anilines is 2. The quantitative estimate of drug-likeness (QED) is 0.477. The molecule has 0 heterocycles. The first-order valence-corrected chi connectivity index (χ1v) is 11.9. The highest BCUT2D eigenvalue weighted by molar-refractivity contribution is 5.95. The number of carbonyl (C=O) groups excluding carboxylic acids is 2. The van der Waals surface area contributed by atoms with Crippen molar-refractivity contribution < 1.29 is 9.59 Å². The number of rotatable bonds is 10. The van der Waals surface area contributed by atoms with Gasteiger partial charge in [-0.3, -0.25) is 14.5 Å². The average Bonchev–Trinajstić information content (AvgIpc) is 2.80. The van der Waals surface area contributed by atoms with Gasteiger partial charge in [0.2, 0.25) is 11.8 Å². The maximum absolute atomic E-state index is 11.9. The molecule has 182 valence electrons. The van der Waals surface area contributed by atoms with Gasteiger partial charge < -0.3 is 16.0 Å². The van der Waals surface area contributed by atoms with E-state index >= 15 is 0 Å². The molecule has 0 aliphatic heterocycles. The molecule has 0 aliphatic carbocycles. The number of nitrogens with one attached hydrogen (secondary N) is 3. The fourth-order valence-electron chi connectivity index (χ4n) is 3.25. The van der Waals surface area contributed by atoms with Crippen LogP contribution in [0.2, 0.25) is 0 Å². The van der Waals surface area contributed by atoms with Crippen molar-refractivity contribution in [2.45, 2.75) is 60.9 Å². The minimum absolute atomic E-state index is 0.0164. The minimum Gasteiger partial charge on any atom is -0.324 e. The molecular formula is C27H42N4O2. The lowest BCUT2D eigenvalue weighted by atomic mass is 10.1. The summed E-state index contributed by atoms with van der Waals surface area (Å²) in [5.74, 6) is 0.0776. The molecule has 2 aromatic carbocycles. The SMILES string of the molecule is CCCNC(C)C(=O)Nc1ccccc1C.CCN(CC)CC(=O)Nc1c(C)cccc1C. The summed E-state index contributed by atoms with van der Waals surface area (Å²) < 4.78 is 0. The molecule has 0 aromatic heterocycles. The third kappa shape index (κ3) is 10.2. The van der Waals surface area contributed by atoms with Gasteiger partial charge in [-0.25, -0.2) is 0 Å². The van der Waals surface area contributed by atoms with Crippen LogP contribution in [0.3, 0.4) is 0 Å². The van der Waals surface area contributed by atoms with Gasteiger partial charge in [-0.15, -0.1) is 0 Å². The second-order valence-electron chi connectivity index (χ2n) is 8.26. The number of aryl methyl sites for hydroxylation is 3. The van der Waals surface area contributed by atoms with Gasteiger partial charge in [0.15, 0.2) is 0 Å². The molecule has 0 radical (unpaired) electrons. The fraction of sp³-hybridized carbons (Fsp3) is 0.481. The number of hydrogen-bond donors (Lipinski definition) is 3. The summed E-state index contributed by atoms with van der Waals surface area (Å²) in [6.07, 6.45) is 1.03. The molecular weight excluding hydrogens is 412 g/mol. The predicted octanol–water partition coefficient (Wildman–Crippen LogP) is 4.91. The van der Waals surface area contributed by atoms with E-state index in [2.05, 4.69) is 41.6 Å². The molecule has 6 nitrogen and oxygen atoms in total. The van der Waals surface area contributed by atoms with E-state index in [1.54, 1.807) is 0 Å². The molecule has 0 bridgehead atoms. The number of hydrogen-bond acceptors (Lipinski definition) is 4. The second-order valence-corrected chi connectivity index (χ2v) is 8.26. The molecule has 0 fully saturated rings. The summed E-state index contributed by atoms with van der Waals surface area (Å²) in [5.41, 5.74) is 5.14. The van der Waals surface area contributed by atoms with E-state index < -0.39 is 0 Å². The standard InChI is InChI=1S/C14H22N2O.C13H20N2O/c1-5-16(6-2)10-13(17)15-14-11(3)8-7-9-12(14)4;1-4-9-14-11(3)13(16)15-12-8-6-5-7-10(12)2/h7-9H,5-6,10H2,1-4H3,(H,15,17);5-8,11,14H,4,9H2,1-3H3,(H,15,16). The maximum atomic E-state index is 11.9. The summed E-state index contributed by atoms with van der Waals surface area (Å²) >= 11 is 0. The van der Waals surface area contributed by atoms with Crippen molar-refractivity contribution in [3.05, 3.63) is 59.2 Å². The van der Waals surface area contributed by atoms with E-state index in [1.807, 2.05) is 70.2 Å². The zero-order valence-electron chi connectivity index (χ0n) is 21.4. The first kappa shape index (κ1) is 28.3. The summed E-state index contributed by atoms with van der Waals surface area (Å²) in [4.78, 5) is 25.8. The zero-order chi connectivity index (χ0) is 24.8. The van der Waals surface area contributed by atoms with Gasteiger partial charge in [0, 0.05) is 11.4 Å². The Hall–Kier alpha value is -2.70. The largest absolute Gasteiger partial charge is 0.324 e. The summed E-state index contributed by atoms with van der Waals surface area (Å²) in [6, 6.07) is 13.7. The highest BCUT2D eigenvalue weighted by Gasteiger charge is 2.12. The van der Waals surface area contributed by atoms with Gasteiger partial charge in [0.05, 0.1) is 12.6 Å². The van der Waals surface area contributed by atoms with Crippen LogP contribution in [0.4, 0.5) is 11.4 Å². The maximum Gasteiger partial charge on any atom is 0.241 e. The molecule has 3 N–H and O–H groups in total. The van der Waals surface area contributed by atoms with Crippen molar-refractivity contribution in [3.63, 3.8) is 0 Å². The van der Waals surface area contributed by atoms with Crippen LogP contribution in [-0.4, -0.2) is 48.9 Å². The number of amides is 2. The van der Waals surface area contributed by atoms with Crippen LogP contribution in [-0.2, 0) is 9.59 Å². The summed E-state index contributed by atoms with van der Waals surface area (Å²) in [6.45, 7) is 17.2. The Morgan fingerprint density at radius 2 is 1.42 bits per heavy atom. The highest BCUT2D eigenvalue weighted by atomic mass is 16.2. The first-order chi connectivity index (χ1) is 15.7. The molecule has 0 saturated heterocycles. The van der Waals surface area contributed by atoms with Gasteiger partial charge in [0.1, 0.15) is 0 Å². The number of nitrogens with zero attached hydrogens (tertiary/aromatic N) is 1. The van der Waals surface area contributed by atoms with Gasteiger partial charge in [-0.2, -0.15) is 0 Å². The minimum atomic E-state index is -0.153. The molecule has 1 unspecified atom stereocenters. The molecule has 6 heteroatoms. The normalized spacial score (nSPS) is 11.4. The van der Waals surface area contributed by atoms with Crippen LogP contribution in [0.15, 0.2) is 42.5 Å². The van der Waals surface area contributed by atoms with E-state index in [1.165, 1.54) is 0 Å². The van der Waals surface area contributed by atoms with Crippen LogP contribution >= 0.6 is 0 Å². The van der Waals surface area contributed by atoms with Crippen molar-refractivity contribution in [3.8, 4) is 0 Å². The van der Waals surface area contributed by atoms with Gasteiger partial charge in [-0.05, 0) is 76.5 Å². The zero-order valence-corrected chi connectivity index (χ0v) is 21.4. The van der Waals surface area contributed by atoms with Gasteiger partial charge in [0.25, 0.3) is 0 Å². The number of likely N-dealkylation sites (N-methyl/N-ethyl adjacent to an activating group) is 1. The molecule has 1 atom stereocenters. The van der Waals surface area contributed by atoms with Crippen molar-refractivity contribution in [1.29, 1.82) is 0 Å². The van der Waals surface area contributed by atoms with Crippen LogP contribution in [0.1, 0.15) is 50.8 Å². The lowest BCUT2D eigenvalue weighted by molar-refractivity contribution is -0.118. The summed E-state index contributed by atoms with van der Waals surface area (Å²) in [7, 11) is 0. The summed E-state index contributed by atoms with van der Waals surface area (Å²) in [5, 5.41) is 9.07. The molecule has 0 saturated carbocycles. The Bertz CT molecular complexity index is 858. The molecule has 2 aromatic rings. The monoisotopic (exact) mass is 454 g/mol. The van der Waals surface area contributed by atoms with E-state index in [0.717, 1.165) is 54.1 Å². The fourth-order valence-corrected chi connectivity index (χ4v) is 3.25. The lowest BCUT2D eigenvalue weighted by Crippen LogP contribution is -2.38. The Morgan fingerprint density at radius 3 is 1.97 bits per heavy atom. The Balaban J connectivity index is 0.000000331. The molecule has 2 amide bonds. The van der Waals surface area contributed by atoms with Crippen molar-refractivity contribution in [2.24, 2.45) is 0 Å². The predicted molar refractivity (Wildman–Crippen MR) is 140 cm³/mol. The van der Waals surface area contributed by atoms with Crippen molar-refractivity contribution >= 4 is 23.2 Å². The van der Waals surface area contributed by atoms with Crippen molar-refractivity contribution in [2.75, 3.05) is 36.8 Å². The van der Waals surface area contributed by atoms with E-state index in [0.29, 0.717) is 6.54 Å². The Labute approximate surface area is 200 Å². The van der Waals surface area contributed by atoms with Crippen LogP contribution in [0, 0.1) is 20.8 Å². The third-order valence-electron chi connectivity index (χ3n) is 5.50. The van der Waals surface area contributed by atoms with Crippen LogP contribution in [0.5, 0.6) is 0 Å². The van der Waals surface area contributed by atoms with Gasteiger partial charge in [-0.1, -0.05) is 57.2 Å². The van der Waals surface area contributed by atoms with E-state index in [-0.39, 0.29) is 17.9 Å². The highest BCUT2D eigenvalue weighted by Crippen LogP contribution is 2.19. The Morgan fingerprint density at radius 1 is 0.848 bits per heavy atom. The molecule has 0 spiro atoms. The first-order valence-electron chi connectivity index (χ1n) is 11.9. The molecule has 33 heavy (non-hydrogen) atoms. The van der Waals surface area contributed by atoms with E-state index in [4.69, 9.17) is 0 Å². The van der Waals surface area contributed by atoms with Crippen molar-refractivity contribution in [1.82, 2.24) is 10.2 Å². The van der Waals surface area contributed by atoms with Gasteiger partial charge >= 0.3 is 0 Å². The average molecular weight is 455 g/mol. The second kappa shape index (κ2) is 15.2. The number of benzene rings is 2. The smallest absolute Gasteiger partial charge is 0.241 e. The lowest BCUT2D eigenvalue weighted by Gasteiger charge is -2.18. The third-order valence-corrected chi connectivity index (χ3v) is 5.50. The van der Waals surface area contributed by atoms with E-state index in [9.17, 15) is 9.59 Å². The van der Waals surface area contributed by atoms with Crippen LogP contribution in [0.25, 0.3) is 0 Å². The molecule has 2 rings (SSSR count). The number of para-hydroxylation sites is 2.